The molecule has 1 aliphatic heterocycles. The van der Waals surface area contributed by atoms with E-state index in [0.717, 1.165) is 6.54 Å². The Bertz CT molecular complexity index is 483. The highest BCUT2D eigenvalue weighted by atomic mass is 79.9. The molecule has 7 heteroatoms. The third-order valence-electron chi connectivity index (χ3n) is 3.29. The number of aromatic nitrogens is 2. The summed E-state index contributed by atoms with van der Waals surface area (Å²) in [6, 6.07) is 0. The lowest BCUT2D eigenvalue weighted by Gasteiger charge is -2.16. The monoisotopic (exact) mass is 329 g/mol. The highest BCUT2D eigenvalue weighted by molar-refractivity contribution is 9.10. The number of halogens is 1. The minimum absolute atomic E-state index is 0.136. The van der Waals surface area contributed by atoms with Crippen LogP contribution in [0.15, 0.2) is 10.7 Å². The first-order chi connectivity index (χ1) is 9.06. The zero-order chi connectivity index (χ0) is 14.0. The first kappa shape index (κ1) is 14.0. The smallest absolute Gasteiger partial charge is 0.310 e. The Labute approximate surface area is 120 Å². The fourth-order valence-electron chi connectivity index (χ4n) is 2.23. The van der Waals surface area contributed by atoms with E-state index in [1.54, 1.807) is 13.3 Å². The molecular formula is C12H16BrN3O3. The number of methoxy groups -OCH3 is 2. The van der Waals surface area contributed by atoms with Crippen molar-refractivity contribution in [3.63, 3.8) is 0 Å². The molecule has 0 aliphatic carbocycles. The van der Waals surface area contributed by atoms with Crippen molar-refractivity contribution >= 4 is 27.8 Å². The Kier molecular flexibility index (Phi) is 4.24. The van der Waals surface area contributed by atoms with Gasteiger partial charge in [0.05, 0.1) is 30.8 Å². The maximum atomic E-state index is 11.7. The summed E-state index contributed by atoms with van der Waals surface area (Å²) in [5.41, 5.74) is 0. The lowest BCUT2D eigenvalue weighted by atomic mass is 9.99. The summed E-state index contributed by atoms with van der Waals surface area (Å²) in [5.74, 6) is 0.950. The van der Waals surface area contributed by atoms with E-state index in [1.165, 1.54) is 7.11 Å². The van der Waals surface area contributed by atoms with Crippen LogP contribution < -0.4 is 9.64 Å². The number of anilines is 1. The van der Waals surface area contributed by atoms with E-state index >= 15 is 0 Å². The first-order valence-corrected chi connectivity index (χ1v) is 6.75. The van der Waals surface area contributed by atoms with Gasteiger partial charge in [-0.05, 0) is 21.8 Å². The molecule has 19 heavy (non-hydrogen) atoms. The number of hydrogen-bond donors (Lipinski definition) is 0. The molecule has 6 nitrogen and oxygen atoms in total. The summed E-state index contributed by atoms with van der Waals surface area (Å²) in [6.45, 7) is 3.32. The standard InChI is InChI=1S/C12H16BrN3O3/c1-7-5-16(6-8(7)11(17)19-3)12-14-4-9(13)10(15-12)18-2/h4,7-8H,5-6H2,1-3H3. The minimum atomic E-state index is -0.181. The Morgan fingerprint density at radius 2 is 2.21 bits per heavy atom. The fourth-order valence-corrected chi connectivity index (χ4v) is 2.58. The van der Waals surface area contributed by atoms with Crippen molar-refractivity contribution in [3.8, 4) is 5.88 Å². The molecule has 1 fully saturated rings. The number of nitrogens with zero attached hydrogens (tertiary/aromatic N) is 3. The molecule has 2 rings (SSSR count). The van der Waals surface area contributed by atoms with Crippen molar-refractivity contribution in [3.05, 3.63) is 10.7 Å². The average molecular weight is 330 g/mol. The van der Waals surface area contributed by atoms with E-state index in [1.807, 2.05) is 11.8 Å². The van der Waals surface area contributed by atoms with Crippen molar-refractivity contribution in [1.29, 1.82) is 0 Å². The summed E-state index contributed by atoms with van der Waals surface area (Å²) in [5, 5.41) is 0. The largest absolute Gasteiger partial charge is 0.480 e. The molecule has 0 N–H and O–H groups in total. The lowest BCUT2D eigenvalue weighted by molar-refractivity contribution is -0.145. The van der Waals surface area contributed by atoms with Gasteiger partial charge in [-0.1, -0.05) is 6.92 Å². The van der Waals surface area contributed by atoms with E-state index in [2.05, 4.69) is 25.9 Å². The van der Waals surface area contributed by atoms with Crippen molar-refractivity contribution < 1.29 is 14.3 Å². The predicted molar refractivity (Wildman–Crippen MR) is 73.2 cm³/mol. The molecular weight excluding hydrogens is 314 g/mol. The zero-order valence-corrected chi connectivity index (χ0v) is 12.7. The maximum absolute atomic E-state index is 11.7. The molecule has 1 aromatic rings. The molecule has 0 bridgehead atoms. The minimum Gasteiger partial charge on any atom is -0.480 e. The number of carbonyl (C=O) groups excluding carboxylic acids is 1. The molecule has 2 unspecified atom stereocenters. The molecule has 0 saturated carbocycles. The predicted octanol–water partition coefficient (Wildman–Crippen LogP) is 1.49. The molecule has 0 amide bonds. The lowest BCUT2D eigenvalue weighted by Crippen LogP contribution is -2.25. The van der Waals surface area contributed by atoms with Crippen LogP contribution in [0.2, 0.25) is 0 Å². The number of esters is 1. The zero-order valence-electron chi connectivity index (χ0n) is 11.1. The van der Waals surface area contributed by atoms with Gasteiger partial charge in [0.1, 0.15) is 0 Å². The van der Waals surface area contributed by atoms with Gasteiger partial charge in [0.25, 0.3) is 0 Å². The molecule has 2 atom stereocenters. The first-order valence-electron chi connectivity index (χ1n) is 5.96. The van der Waals surface area contributed by atoms with Gasteiger partial charge in [0.15, 0.2) is 0 Å². The normalized spacial score (nSPS) is 22.4. The van der Waals surface area contributed by atoms with Crippen LogP contribution in [0.5, 0.6) is 5.88 Å². The van der Waals surface area contributed by atoms with E-state index < -0.39 is 0 Å². The second-order valence-corrected chi connectivity index (χ2v) is 5.39. The van der Waals surface area contributed by atoms with Gasteiger partial charge in [-0.2, -0.15) is 4.98 Å². The van der Waals surface area contributed by atoms with E-state index in [9.17, 15) is 4.79 Å². The topological polar surface area (TPSA) is 64.5 Å². The number of rotatable bonds is 3. The number of carbonyl (C=O) groups is 1. The molecule has 0 radical (unpaired) electrons. The average Bonchev–Trinajstić information content (AvgIpc) is 2.80. The van der Waals surface area contributed by atoms with Crippen LogP contribution in [0.4, 0.5) is 5.95 Å². The third kappa shape index (κ3) is 2.80. The van der Waals surface area contributed by atoms with E-state index in [4.69, 9.17) is 9.47 Å². The second-order valence-electron chi connectivity index (χ2n) is 4.54. The van der Waals surface area contributed by atoms with Crippen LogP contribution >= 0.6 is 15.9 Å². The van der Waals surface area contributed by atoms with Gasteiger partial charge in [-0.15, -0.1) is 0 Å². The molecule has 2 heterocycles. The van der Waals surface area contributed by atoms with Crippen LogP contribution in [0.3, 0.4) is 0 Å². The molecule has 104 valence electrons. The summed E-state index contributed by atoms with van der Waals surface area (Å²) < 4.78 is 10.7. The van der Waals surface area contributed by atoms with Crippen molar-refractivity contribution in [2.75, 3.05) is 32.2 Å². The summed E-state index contributed by atoms with van der Waals surface area (Å²) in [4.78, 5) is 22.2. The molecule has 1 aliphatic rings. The Morgan fingerprint density at radius 1 is 1.47 bits per heavy atom. The summed E-state index contributed by atoms with van der Waals surface area (Å²) in [6.07, 6.45) is 1.65. The van der Waals surface area contributed by atoms with Gasteiger partial charge in [0, 0.05) is 13.1 Å². The van der Waals surface area contributed by atoms with E-state index in [0.29, 0.717) is 22.8 Å². The summed E-state index contributed by atoms with van der Waals surface area (Å²) >= 11 is 3.31. The van der Waals surface area contributed by atoms with Gasteiger partial charge < -0.3 is 14.4 Å². The number of ether oxygens (including phenoxy) is 2. The van der Waals surface area contributed by atoms with Crippen molar-refractivity contribution in [2.45, 2.75) is 6.92 Å². The maximum Gasteiger partial charge on any atom is 0.310 e. The SMILES string of the molecule is COC(=O)C1CN(c2ncc(Br)c(OC)n2)CC1C. The van der Waals surface area contributed by atoms with Crippen LogP contribution in [0.25, 0.3) is 0 Å². The Hall–Kier alpha value is -1.37. The van der Waals surface area contributed by atoms with Gasteiger partial charge in [-0.3, -0.25) is 4.79 Å². The van der Waals surface area contributed by atoms with E-state index in [-0.39, 0.29) is 17.8 Å². The fraction of sp³-hybridized carbons (Fsp3) is 0.583. The molecule has 1 aromatic heterocycles. The second kappa shape index (κ2) is 5.73. The van der Waals surface area contributed by atoms with Crippen LogP contribution in [0, 0.1) is 11.8 Å². The van der Waals surface area contributed by atoms with Crippen LogP contribution in [-0.4, -0.2) is 43.2 Å². The van der Waals surface area contributed by atoms with Gasteiger partial charge >= 0.3 is 5.97 Å². The third-order valence-corrected chi connectivity index (χ3v) is 3.84. The Morgan fingerprint density at radius 3 is 2.84 bits per heavy atom. The van der Waals surface area contributed by atoms with Crippen molar-refractivity contribution in [2.24, 2.45) is 11.8 Å². The Balaban J connectivity index is 2.18. The van der Waals surface area contributed by atoms with Gasteiger partial charge in [-0.25, -0.2) is 4.98 Å². The summed E-state index contributed by atoms with van der Waals surface area (Å²) in [7, 11) is 2.97. The quantitative estimate of drug-likeness (QED) is 0.783. The van der Waals surface area contributed by atoms with Crippen molar-refractivity contribution in [1.82, 2.24) is 9.97 Å². The molecule has 1 saturated heterocycles. The highest BCUT2D eigenvalue weighted by Gasteiger charge is 2.36. The highest BCUT2D eigenvalue weighted by Crippen LogP contribution is 2.29. The molecule has 0 spiro atoms. The molecule has 0 aromatic carbocycles. The van der Waals surface area contributed by atoms with Crippen LogP contribution in [-0.2, 0) is 9.53 Å². The van der Waals surface area contributed by atoms with Crippen LogP contribution in [0.1, 0.15) is 6.92 Å². The number of hydrogen-bond acceptors (Lipinski definition) is 6. The van der Waals surface area contributed by atoms with Gasteiger partial charge in [0.2, 0.25) is 11.8 Å².